The molecule has 0 fully saturated rings. The number of benzene rings is 1. The van der Waals surface area contributed by atoms with Crippen molar-refractivity contribution in [3.05, 3.63) is 29.8 Å². The number of hydrogen-bond donors (Lipinski definition) is 0. The van der Waals surface area contributed by atoms with E-state index in [0.717, 1.165) is 12.5 Å². The Balaban J connectivity index is 2.86. The molecule has 1 atom stereocenters. The number of rotatable bonds is 18. The van der Waals surface area contributed by atoms with Gasteiger partial charge in [-0.1, -0.05) is 129 Å². The summed E-state index contributed by atoms with van der Waals surface area (Å²) in [6.45, 7) is 7.77. The minimum absolute atomic E-state index is 0.704. The molecule has 0 spiro atoms. The maximum Gasteiger partial charge on any atom is 0.148 e. The highest BCUT2D eigenvalue weighted by molar-refractivity contribution is 6.60. The van der Waals surface area contributed by atoms with Gasteiger partial charge >= 0.3 is 0 Å². The molecule has 1 aromatic carbocycles. The van der Waals surface area contributed by atoms with E-state index in [1.807, 2.05) is 0 Å². The SMILES string of the molecule is CCCCCCB(CCCCCC)C(CCCCCC)c1cccc(OC)c1. The van der Waals surface area contributed by atoms with Gasteiger partial charge in [0.25, 0.3) is 0 Å². The highest BCUT2D eigenvalue weighted by Gasteiger charge is 2.26. The lowest BCUT2D eigenvalue weighted by Crippen LogP contribution is -2.24. The Morgan fingerprint density at radius 2 is 1.32 bits per heavy atom. The summed E-state index contributed by atoms with van der Waals surface area (Å²) in [6.07, 6.45) is 20.7. The van der Waals surface area contributed by atoms with E-state index < -0.39 is 0 Å². The molecule has 0 saturated heterocycles. The summed E-state index contributed by atoms with van der Waals surface area (Å²) in [7, 11) is 1.79. The molecule has 160 valence electrons. The molecule has 0 aliphatic heterocycles. The molecule has 0 N–H and O–H groups in total. The molecule has 1 aromatic rings. The normalized spacial score (nSPS) is 12.1. The van der Waals surface area contributed by atoms with Gasteiger partial charge in [-0.25, -0.2) is 0 Å². The van der Waals surface area contributed by atoms with Crippen LogP contribution in [0.2, 0.25) is 12.6 Å². The minimum Gasteiger partial charge on any atom is -0.497 e. The number of hydrogen-bond acceptors (Lipinski definition) is 1. The van der Waals surface area contributed by atoms with Crippen molar-refractivity contribution >= 4 is 6.71 Å². The molecular formula is C26H47BO. The molecule has 1 nitrogen and oxygen atoms in total. The Morgan fingerprint density at radius 3 is 1.86 bits per heavy atom. The highest BCUT2D eigenvalue weighted by Crippen LogP contribution is 2.33. The first-order chi connectivity index (χ1) is 13.8. The summed E-state index contributed by atoms with van der Waals surface area (Å²) in [5.74, 6) is 1.72. The van der Waals surface area contributed by atoms with Crippen molar-refractivity contribution in [1.29, 1.82) is 0 Å². The molecule has 2 heteroatoms. The van der Waals surface area contributed by atoms with E-state index in [0.29, 0.717) is 5.82 Å². The number of ether oxygens (including phenoxy) is 1. The molecule has 0 saturated carbocycles. The van der Waals surface area contributed by atoms with Crippen molar-refractivity contribution in [2.45, 2.75) is 123 Å². The summed E-state index contributed by atoms with van der Waals surface area (Å²) < 4.78 is 5.55. The largest absolute Gasteiger partial charge is 0.497 e. The van der Waals surface area contributed by atoms with Crippen molar-refractivity contribution in [3.63, 3.8) is 0 Å². The van der Waals surface area contributed by atoms with Crippen LogP contribution in [0.25, 0.3) is 0 Å². The van der Waals surface area contributed by atoms with E-state index in [1.165, 1.54) is 102 Å². The fourth-order valence-electron chi connectivity index (χ4n) is 4.55. The fraction of sp³-hybridized carbons (Fsp3) is 0.769. The first kappa shape index (κ1) is 25.1. The number of unbranched alkanes of at least 4 members (excludes halogenated alkanes) is 9. The lowest BCUT2D eigenvalue weighted by atomic mass is 9.34. The van der Waals surface area contributed by atoms with E-state index in [1.54, 1.807) is 7.11 Å². The summed E-state index contributed by atoms with van der Waals surface area (Å²) in [4.78, 5) is 0. The summed E-state index contributed by atoms with van der Waals surface area (Å²) in [5.41, 5.74) is 1.52. The van der Waals surface area contributed by atoms with Gasteiger partial charge in [-0.2, -0.15) is 0 Å². The van der Waals surface area contributed by atoms with Crippen molar-refractivity contribution in [2.75, 3.05) is 7.11 Å². The Labute approximate surface area is 177 Å². The van der Waals surface area contributed by atoms with Gasteiger partial charge in [0.1, 0.15) is 12.5 Å². The quantitative estimate of drug-likeness (QED) is 0.181. The average Bonchev–Trinajstić information content (AvgIpc) is 2.73. The predicted octanol–water partition coefficient (Wildman–Crippen LogP) is 8.94. The number of methoxy groups -OCH3 is 1. The zero-order valence-corrected chi connectivity index (χ0v) is 19.5. The van der Waals surface area contributed by atoms with Gasteiger partial charge in [-0.05, 0) is 23.5 Å². The predicted molar refractivity (Wildman–Crippen MR) is 128 cm³/mol. The van der Waals surface area contributed by atoms with Crippen LogP contribution in [0.4, 0.5) is 0 Å². The molecule has 0 amide bonds. The van der Waals surface area contributed by atoms with Crippen LogP contribution in [-0.2, 0) is 0 Å². The van der Waals surface area contributed by atoms with Gasteiger partial charge in [-0.15, -0.1) is 0 Å². The van der Waals surface area contributed by atoms with E-state index in [2.05, 4.69) is 45.0 Å². The van der Waals surface area contributed by atoms with E-state index >= 15 is 0 Å². The Kier molecular flexibility index (Phi) is 15.2. The Morgan fingerprint density at radius 1 is 0.750 bits per heavy atom. The van der Waals surface area contributed by atoms with Gasteiger partial charge in [-0.3, -0.25) is 0 Å². The summed E-state index contributed by atoms with van der Waals surface area (Å²) in [6, 6.07) is 8.96. The topological polar surface area (TPSA) is 9.23 Å². The summed E-state index contributed by atoms with van der Waals surface area (Å²) >= 11 is 0. The van der Waals surface area contributed by atoms with Crippen LogP contribution in [-0.4, -0.2) is 13.8 Å². The molecule has 0 aliphatic carbocycles. The lowest BCUT2D eigenvalue weighted by molar-refractivity contribution is 0.414. The van der Waals surface area contributed by atoms with Crippen LogP contribution in [0.15, 0.2) is 24.3 Å². The molecule has 0 aromatic heterocycles. The first-order valence-electron chi connectivity index (χ1n) is 12.4. The van der Waals surface area contributed by atoms with Crippen LogP contribution in [0.5, 0.6) is 5.75 Å². The minimum atomic E-state index is 0.704. The molecular weight excluding hydrogens is 339 g/mol. The standard InChI is InChI=1S/C26H47BO/c1-5-8-11-14-20-26(24-18-17-19-25(23-24)28-4)27(21-15-12-9-6-2)22-16-13-10-7-3/h17-19,23,26H,5-16,20-22H2,1-4H3. The molecule has 0 heterocycles. The fourth-order valence-corrected chi connectivity index (χ4v) is 4.55. The van der Waals surface area contributed by atoms with Crippen molar-refractivity contribution < 1.29 is 4.74 Å². The third-order valence-corrected chi connectivity index (χ3v) is 6.32. The lowest BCUT2D eigenvalue weighted by Gasteiger charge is -2.26. The van der Waals surface area contributed by atoms with Gasteiger partial charge in [0.15, 0.2) is 0 Å². The molecule has 28 heavy (non-hydrogen) atoms. The molecule has 0 aliphatic rings. The van der Waals surface area contributed by atoms with Crippen LogP contribution in [0, 0.1) is 0 Å². The van der Waals surface area contributed by atoms with Crippen molar-refractivity contribution in [3.8, 4) is 5.75 Å². The highest BCUT2D eigenvalue weighted by atomic mass is 16.5. The van der Waals surface area contributed by atoms with Gasteiger partial charge in [0.05, 0.1) is 7.11 Å². The third-order valence-electron chi connectivity index (χ3n) is 6.32. The van der Waals surface area contributed by atoms with E-state index in [-0.39, 0.29) is 0 Å². The smallest absolute Gasteiger partial charge is 0.148 e. The average molecular weight is 386 g/mol. The van der Waals surface area contributed by atoms with E-state index in [4.69, 9.17) is 4.74 Å². The van der Waals surface area contributed by atoms with Gasteiger partial charge in [0, 0.05) is 0 Å². The summed E-state index contributed by atoms with van der Waals surface area (Å²) in [5, 5.41) is 0. The Hall–Kier alpha value is -0.915. The molecule has 0 bridgehead atoms. The molecule has 0 radical (unpaired) electrons. The maximum atomic E-state index is 5.55. The maximum absolute atomic E-state index is 5.55. The monoisotopic (exact) mass is 386 g/mol. The van der Waals surface area contributed by atoms with Crippen LogP contribution in [0.1, 0.15) is 116 Å². The third kappa shape index (κ3) is 10.6. The Bertz CT molecular complexity index is 461. The zero-order valence-electron chi connectivity index (χ0n) is 19.5. The second kappa shape index (κ2) is 17.0. The van der Waals surface area contributed by atoms with Gasteiger partial charge < -0.3 is 4.74 Å². The second-order valence-electron chi connectivity index (χ2n) is 8.69. The van der Waals surface area contributed by atoms with Crippen LogP contribution < -0.4 is 4.74 Å². The van der Waals surface area contributed by atoms with Crippen molar-refractivity contribution in [2.24, 2.45) is 0 Å². The van der Waals surface area contributed by atoms with Crippen LogP contribution >= 0.6 is 0 Å². The van der Waals surface area contributed by atoms with E-state index in [9.17, 15) is 0 Å². The molecule has 1 rings (SSSR count). The van der Waals surface area contributed by atoms with Crippen molar-refractivity contribution in [1.82, 2.24) is 0 Å². The first-order valence-corrected chi connectivity index (χ1v) is 12.4. The molecule has 1 unspecified atom stereocenters. The zero-order chi connectivity index (χ0) is 20.5. The second-order valence-corrected chi connectivity index (χ2v) is 8.69. The van der Waals surface area contributed by atoms with Crippen LogP contribution in [0.3, 0.4) is 0 Å². The van der Waals surface area contributed by atoms with Gasteiger partial charge in [0.2, 0.25) is 0 Å².